The highest BCUT2D eigenvalue weighted by molar-refractivity contribution is 9.11. The van der Waals surface area contributed by atoms with E-state index in [0.717, 1.165) is 10.0 Å². The number of hydrogen-bond donors (Lipinski definition) is 2. The first-order chi connectivity index (χ1) is 7.99. The van der Waals surface area contributed by atoms with Crippen LogP contribution in [-0.2, 0) is 4.79 Å². The minimum atomic E-state index is -0.661. The molecular weight excluding hydrogens is 352 g/mol. The number of amides is 1. The summed E-state index contributed by atoms with van der Waals surface area (Å²) in [6.45, 7) is 1.91. The molecule has 0 aliphatic carbocycles. The normalized spacial score (nSPS) is 10.8. The minimum Gasteiger partial charge on any atom is -0.514 e. The molecule has 1 rings (SSSR count). The molecule has 6 heteroatoms. The van der Waals surface area contributed by atoms with E-state index in [0.29, 0.717) is 16.4 Å². The molecule has 88 valence electrons. The third-order valence-corrected chi connectivity index (χ3v) is 3.50. The summed E-state index contributed by atoms with van der Waals surface area (Å²) in [5.74, 6) is -0.661. The third-order valence-electron chi connectivity index (χ3n) is 1.99. The molecule has 0 saturated heterocycles. The van der Waals surface area contributed by atoms with Gasteiger partial charge in [0.1, 0.15) is 12.3 Å². The highest BCUT2D eigenvalue weighted by Crippen LogP contribution is 2.29. The molecule has 4 nitrogen and oxygen atoms in total. The lowest BCUT2D eigenvalue weighted by atomic mass is 10.2. The zero-order valence-electron chi connectivity index (χ0n) is 8.79. The molecule has 0 spiro atoms. The van der Waals surface area contributed by atoms with Crippen molar-refractivity contribution in [1.82, 2.24) is 0 Å². The number of carbonyl (C=O) groups excluding carboxylic acids is 1. The zero-order valence-corrected chi connectivity index (χ0v) is 12.0. The molecule has 17 heavy (non-hydrogen) atoms. The number of halogens is 2. The second kappa shape index (κ2) is 5.84. The summed E-state index contributed by atoms with van der Waals surface area (Å²) in [6.07, 6.45) is 0.479. The third kappa shape index (κ3) is 3.32. The van der Waals surface area contributed by atoms with Crippen LogP contribution in [-0.4, -0.2) is 11.0 Å². The fraction of sp³-hybridized carbons (Fsp3) is 0.0909. The summed E-state index contributed by atoms with van der Waals surface area (Å²) in [7, 11) is 0. The van der Waals surface area contributed by atoms with Crippen LogP contribution in [0.1, 0.15) is 5.56 Å². The topological polar surface area (TPSA) is 73.1 Å². The predicted octanol–water partition coefficient (Wildman–Crippen LogP) is 3.42. The molecule has 0 saturated carbocycles. The summed E-state index contributed by atoms with van der Waals surface area (Å²) in [5, 5.41) is 19.8. The molecule has 0 atom stereocenters. The average molecular weight is 360 g/mol. The number of anilines is 1. The van der Waals surface area contributed by atoms with Gasteiger partial charge in [-0.1, -0.05) is 15.9 Å². The Morgan fingerprint density at radius 3 is 2.65 bits per heavy atom. The summed E-state index contributed by atoms with van der Waals surface area (Å²) >= 11 is 6.64. The molecule has 0 aromatic heterocycles. The van der Waals surface area contributed by atoms with E-state index in [2.05, 4.69) is 37.2 Å². The van der Waals surface area contributed by atoms with E-state index < -0.39 is 5.91 Å². The number of nitriles is 1. The first kappa shape index (κ1) is 13.7. The van der Waals surface area contributed by atoms with Crippen molar-refractivity contribution >= 4 is 43.5 Å². The van der Waals surface area contributed by atoms with Crippen molar-refractivity contribution in [3.05, 3.63) is 38.5 Å². The summed E-state index contributed by atoms with van der Waals surface area (Å²) in [6, 6.07) is 5.13. The van der Waals surface area contributed by atoms with Crippen molar-refractivity contribution in [3.8, 4) is 6.07 Å². The highest BCUT2D eigenvalue weighted by Gasteiger charge is 2.12. The second-order valence-corrected chi connectivity index (χ2v) is 4.90. The van der Waals surface area contributed by atoms with Gasteiger partial charge >= 0.3 is 0 Å². The van der Waals surface area contributed by atoms with E-state index >= 15 is 0 Å². The smallest absolute Gasteiger partial charge is 0.269 e. The van der Waals surface area contributed by atoms with Gasteiger partial charge in [-0.3, -0.25) is 4.79 Å². The Labute approximate surface area is 115 Å². The van der Waals surface area contributed by atoms with Crippen LogP contribution in [0.3, 0.4) is 0 Å². The molecule has 1 amide bonds. The van der Waals surface area contributed by atoms with E-state index in [-0.39, 0.29) is 5.57 Å². The fourth-order valence-corrected chi connectivity index (χ4v) is 1.97. The number of rotatable bonds is 2. The maximum absolute atomic E-state index is 11.5. The number of nitrogens with one attached hydrogen (secondary N) is 1. The number of nitrogens with zero attached hydrogens (tertiary/aromatic N) is 1. The summed E-state index contributed by atoms with van der Waals surface area (Å²) < 4.78 is 1.53. The van der Waals surface area contributed by atoms with E-state index in [1.54, 1.807) is 12.1 Å². The fourth-order valence-electron chi connectivity index (χ4n) is 1.07. The zero-order chi connectivity index (χ0) is 13.0. The van der Waals surface area contributed by atoms with Gasteiger partial charge in [-0.2, -0.15) is 5.26 Å². The van der Waals surface area contributed by atoms with Gasteiger partial charge in [0.15, 0.2) is 5.57 Å². The number of hydrogen-bond acceptors (Lipinski definition) is 3. The molecule has 0 unspecified atom stereocenters. The Hall–Kier alpha value is -1.32. The molecule has 0 radical (unpaired) electrons. The standard InChI is InChI=1S/C11H8Br2N2O2/c1-6-2-9(13)10(3-8(6)12)15-11(17)7(4-14)5-16/h2-3,5,16H,1H3,(H,15,17)/b7-5+. The SMILES string of the molecule is Cc1cc(Br)c(NC(=O)/C(C#N)=C/O)cc1Br. The Balaban J connectivity index is 3.02. The van der Waals surface area contributed by atoms with Crippen molar-refractivity contribution in [2.24, 2.45) is 0 Å². The van der Waals surface area contributed by atoms with Crippen molar-refractivity contribution in [2.45, 2.75) is 6.92 Å². The Morgan fingerprint density at radius 1 is 1.47 bits per heavy atom. The molecule has 0 aliphatic heterocycles. The van der Waals surface area contributed by atoms with E-state index in [1.165, 1.54) is 0 Å². The molecule has 1 aromatic carbocycles. The van der Waals surface area contributed by atoms with Crippen molar-refractivity contribution in [1.29, 1.82) is 5.26 Å². The number of aliphatic hydroxyl groups is 1. The minimum absolute atomic E-state index is 0.353. The lowest BCUT2D eigenvalue weighted by Crippen LogP contribution is -2.14. The predicted molar refractivity (Wildman–Crippen MR) is 71.5 cm³/mol. The molecule has 0 heterocycles. The van der Waals surface area contributed by atoms with Crippen LogP contribution in [0, 0.1) is 18.3 Å². The van der Waals surface area contributed by atoms with Gasteiger partial charge in [-0.25, -0.2) is 0 Å². The Morgan fingerprint density at radius 2 is 2.12 bits per heavy atom. The van der Waals surface area contributed by atoms with Crippen LogP contribution in [0.15, 0.2) is 32.9 Å². The van der Waals surface area contributed by atoms with E-state index in [1.807, 2.05) is 13.0 Å². The van der Waals surface area contributed by atoms with E-state index in [9.17, 15) is 4.79 Å². The van der Waals surface area contributed by atoms with Crippen LogP contribution in [0.25, 0.3) is 0 Å². The van der Waals surface area contributed by atoms with Gasteiger partial charge in [-0.05, 0) is 40.5 Å². The van der Waals surface area contributed by atoms with Gasteiger partial charge in [0.05, 0.1) is 5.69 Å². The number of benzene rings is 1. The lowest BCUT2D eigenvalue weighted by Gasteiger charge is -2.08. The Kier molecular flexibility index (Phi) is 4.73. The van der Waals surface area contributed by atoms with Crippen LogP contribution >= 0.6 is 31.9 Å². The highest BCUT2D eigenvalue weighted by atomic mass is 79.9. The number of carbonyl (C=O) groups is 1. The number of aliphatic hydroxyl groups excluding tert-OH is 1. The average Bonchev–Trinajstić information content (AvgIpc) is 2.27. The first-order valence-corrected chi connectivity index (χ1v) is 6.09. The van der Waals surface area contributed by atoms with Crippen LogP contribution in [0.4, 0.5) is 5.69 Å². The maximum atomic E-state index is 11.5. The van der Waals surface area contributed by atoms with Crippen molar-refractivity contribution in [2.75, 3.05) is 5.32 Å². The Bertz CT molecular complexity index is 533. The molecule has 0 bridgehead atoms. The first-order valence-electron chi connectivity index (χ1n) is 4.51. The monoisotopic (exact) mass is 358 g/mol. The molecule has 0 aliphatic rings. The van der Waals surface area contributed by atoms with Gasteiger partial charge < -0.3 is 10.4 Å². The van der Waals surface area contributed by atoms with Gasteiger partial charge in [-0.15, -0.1) is 0 Å². The molecule has 1 aromatic rings. The second-order valence-electron chi connectivity index (χ2n) is 3.19. The molecule has 0 fully saturated rings. The van der Waals surface area contributed by atoms with Crippen molar-refractivity contribution < 1.29 is 9.90 Å². The van der Waals surface area contributed by atoms with Gasteiger partial charge in [0.25, 0.3) is 5.91 Å². The van der Waals surface area contributed by atoms with Gasteiger partial charge in [0.2, 0.25) is 0 Å². The van der Waals surface area contributed by atoms with E-state index in [4.69, 9.17) is 10.4 Å². The van der Waals surface area contributed by atoms with Gasteiger partial charge in [0, 0.05) is 8.95 Å². The van der Waals surface area contributed by atoms with Crippen LogP contribution < -0.4 is 5.32 Å². The maximum Gasteiger partial charge on any atom is 0.269 e. The quantitative estimate of drug-likeness (QED) is 0.482. The largest absolute Gasteiger partial charge is 0.514 e. The number of aryl methyl sites for hydroxylation is 1. The molecular formula is C11H8Br2N2O2. The van der Waals surface area contributed by atoms with Crippen LogP contribution in [0.2, 0.25) is 0 Å². The van der Waals surface area contributed by atoms with Crippen molar-refractivity contribution in [3.63, 3.8) is 0 Å². The van der Waals surface area contributed by atoms with Crippen LogP contribution in [0.5, 0.6) is 0 Å². The molecule has 2 N–H and O–H groups in total. The lowest BCUT2D eigenvalue weighted by molar-refractivity contribution is -0.112. The summed E-state index contributed by atoms with van der Waals surface area (Å²) in [4.78, 5) is 11.5. The summed E-state index contributed by atoms with van der Waals surface area (Å²) in [5.41, 5.74) is 1.17.